The highest BCUT2D eigenvalue weighted by Gasteiger charge is 2.22. The van der Waals surface area contributed by atoms with Crippen LogP contribution in [0.1, 0.15) is 21.5 Å². The van der Waals surface area contributed by atoms with Crippen molar-refractivity contribution in [1.29, 1.82) is 0 Å². The lowest BCUT2D eigenvalue weighted by Crippen LogP contribution is -2.02. The van der Waals surface area contributed by atoms with Gasteiger partial charge in [-0.05, 0) is 30.2 Å². The Morgan fingerprint density at radius 3 is 2.50 bits per heavy atom. The van der Waals surface area contributed by atoms with E-state index in [9.17, 15) is 18.0 Å². The third-order valence-corrected chi connectivity index (χ3v) is 2.06. The quantitative estimate of drug-likeness (QED) is 0.846. The molecule has 0 aromatic heterocycles. The summed E-state index contributed by atoms with van der Waals surface area (Å²) in [5.74, 6) is -1.15. The van der Waals surface area contributed by atoms with E-state index in [0.717, 1.165) is 6.08 Å². The van der Waals surface area contributed by atoms with E-state index in [1.165, 1.54) is 25.1 Å². The largest absolute Gasteiger partial charge is 0.478 e. The van der Waals surface area contributed by atoms with Crippen LogP contribution in [-0.2, 0) is 0 Å². The summed E-state index contributed by atoms with van der Waals surface area (Å²) in [6, 6.07) is 4.19. The first-order chi connectivity index (χ1) is 7.31. The maximum atomic E-state index is 11.9. The van der Waals surface area contributed by atoms with Crippen molar-refractivity contribution in [3.8, 4) is 0 Å². The second kappa shape index (κ2) is 4.38. The number of carbonyl (C=O) groups is 1. The summed E-state index contributed by atoms with van der Waals surface area (Å²) >= 11 is 0. The maximum absolute atomic E-state index is 11.9. The number of halogens is 3. The first-order valence-corrected chi connectivity index (χ1v) is 4.40. The van der Waals surface area contributed by atoms with Crippen LogP contribution in [0, 0.1) is 6.92 Å². The second-order valence-electron chi connectivity index (χ2n) is 3.20. The highest BCUT2D eigenvalue weighted by atomic mass is 19.4. The van der Waals surface area contributed by atoms with Gasteiger partial charge in [0.15, 0.2) is 0 Å². The van der Waals surface area contributed by atoms with Crippen LogP contribution in [0.15, 0.2) is 24.3 Å². The molecule has 1 N–H and O–H groups in total. The molecule has 0 aliphatic heterocycles. The fraction of sp³-hybridized carbons (Fsp3) is 0.182. The number of hydrogen-bond acceptors (Lipinski definition) is 1. The summed E-state index contributed by atoms with van der Waals surface area (Å²) in [6.45, 7) is 1.47. The van der Waals surface area contributed by atoms with Crippen molar-refractivity contribution in [3.63, 3.8) is 0 Å². The van der Waals surface area contributed by atoms with Crippen LogP contribution in [0.2, 0.25) is 0 Å². The van der Waals surface area contributed by atoms with Gasteiger partial charge in [0.05, 0.1) is 5.56 Å². The summed E-state index contributed by atoms with van der Waals surface area (Å²) in [4.78, 5) is 10.7. The fourth-order valence-corrected chi connectivity index (χ4v) is 1.25. The number of allylic oxidation sites excluding steroid dienone is 1. The average Bonchev–Trinajstić information content (AvgIpc) is 2.14. The molecule has 0 bridgehead atoms. The van der Waals surface area contributed by atoms with E-state index in [-0.39, 0.29) is 17.2 Å². The third-order valence-electron chi connectivity index (χ3n) is 2.06. The van der Waals surface area contributed by atoms with Gasteiger partial charge in [-0.3, -0.25) is 0 Å². The molecule has 0 aliphatic rings. The molecular formula is C11H9F3O2. The molecule has 5 heteroatoms. The molecule has 86 valence electrons. The van der Waals surface area contributed by atoms with E-state index in [1.807, 2.05) is 0 Å². The third kappa shape index (κ3) is 3.12. The van der Waals surface area contributed by atoms with E-state index in [0.29, 0.717) is 5.56 Å². The van der Waals surface area contributed by atoms with Crippen molar-refractivity contribution in [2.24, 2.45) is 0 Å². The Hall–Kier alpha value is -1.78. The molecule has 0 radical (unpaired) electrons. The Bertz CT molecular complexity index is 433. The zero-order valence-corrected chi connectivity index (χ0v) is 8.38. The van der Waals surface area contributed by atoms with Crippen molar-refractivity contribution in [2.75, 3.05) is 0 Å². The minimum absolute atomic E-state index is 0.00400. The van der Waals surface area contributed by atoms with Gasteiger partial charge in [0.2, 0.25) is 0 Å². The predicted molar refractivity (Wildman–Crippen MR) is 53.2 cm³/mol. The van der Waals surface area contributed by atoms with Crippen LogP contribution in [0.3, 0.4) is 0 Å². The van der Waals surface area contributed by atoms with Gasteiger partial charge in [-0.1, -0.05) is 12.1 Å². The lowest BCUT2D eigenvalue weighted by molar-refractivity contribution is -0.0790. The summed E-state index contributed by atoms with van der Waals surface area (Å²) < 4.78 is 35.8. The Balaban J connectivity index is 3.12. The molecule has 1 rings (SSSR count). The normalized spacial score (nSPS) is 12.0. The van der Waals surface area contributed by atoms with Crippen LogP contribution < -0.4 is 0 Å². The van der Waals surface area contributed by atoms with E-state index in [2.05, 4.69) is 0 Å². The van der Waals surface area contributed by atoms with Crippen molar-refractivity contribution < 1.29 is 23.1 Å². The number of benzene rings is 1. The molecule has 1 aromatic rings. The topological polar surface area (TPSA) is 37.3 Å². The minimum atomic E-state index is -4.40. The maximum Gasteiger partial charge on any atom is 0.409 e. The molecule has 0 amide bonds. The van der Waals surface area contributed by atoms with Gasteiger partial charge in [-0.2, -0.15) is 13.2 Å². The first-order valence-electron chi connectivity index (χ1n) is 4.40. The molecule has 0 spiro atoms. The smallest absolute Gasteiger partial charge is 0.409 e. The van der Waals surface area contributed by atoms with Crippen LogP contribution in [-0.4, -0.2) is 17.3 Å². The molecule has 2 nitrogen and oxygen atoms in total. The fourth-order valence-electron chi connectivity index (χ4n) is 1.25. The number of alkyl halides is 3. The van der Waals surface area contributed by atoms with E-state index in [1.54, 1.807) is 0 Å². The zero-order valence-electron chi connectivity index (χ0n) is 8.38. The number of hydrogen-bond donors (Lipinski definition) is 1. The highest BCUT2D eigenvalue weighted by Crippen LogP contribution is 2.21. The SMILES string of the molecule is Cc1c(/C=C/C(F)(F)F)cccc1C(=O)O. The van der Waals surface area contributed by atoms with Crippen LogP contribution in [0.25, 0.3) is 6.08 Å². The van der Waals surface area contributed by atoms with Crippen molar-refractivity contribution >= 4 is 12.0 Å². The lowest BCUT2D eigenvalue weighted by atomic mass is 10.0. The summed E-state index contributed by atoms with van der Waals surface area (Å²) in [6.07, 6.45) is -3.45. The molecule has 0 saturated heterocycles. The Morgan fingerprint density at radius 1 is 1.38 bits per heavy atom. The van der Waals surface area contributed by atoms with Gasteiger partial charge >= 0.3 is 12.1 Å². The molecule has 0 unspecified atom stereocenters. The van der Waals surface area contributed by atoms with Crippen LogP contribution >= 0.6 is 0 Å². The second-order valence-corrected chi connectivity index (χ2v) is 3.20. The molecule has 0 saturated carbocycles. The van der Waals surface area contributed by atoms with Gasteiger partial charge in [-0.25, -0.2) is 4.79 Å². The average molecular weight is 230 g/mol. The molecule has 0 aliphatic carbocycles. The van der Waals surface area contributed by atoms with E-state index >= 15 is 0 Å². The van der Waals surface area contributed by atoms with Crippen LogP contribution in [0.5, 0.6) is 0 Å². The van der Waals surface area contributed by atoms with Gasteiger partial charge in [0.25, 0.3) is 0 Å². The molecule has 1 aromatic carbocycles. The van der Waals surface area contributed by atoms with E-state index in [4.69, 9.17) is 5.11 Å². The number of carboxylic acid groups (broad SMARTS) is 1. The lowest BCUT2D eigenvalue weighted by Gasteiger charge is -2.05. The summed E-state index contributed by atoms with van der Waals surface area (Å²) in [5.41, 5.74) is 0.567. The number of rotatable bonds is 2. The molecule has 0 atom stereocenters. The first kappa shape index (κ1) is 12.3. The Labute approximate surface area is 90.0 Å². The van der Waals surface area contributed by atoms with Crippen molar-refractivity contribution in [2.45, 2.75) is 13.1 Å². The molecular weight excluding hydrogens is 221 g/mol. The minimum Gasteiger partial charge on any atom is -0.478 e. The number of carboxylic acids is 1. The zero-order chi connectivity index (χ0) is 12.3. The van der Waals surface area contributed by atoms with Gasteiger partial charge in [0.1, 0.15) is 0 Å². The predicted octanol–water partition coefficient (Wildman–Crippen LogP) is 3.27. The van der Waals surface area contributed by atoms with Crippen molar-refractivity contribution in [3.05, 3.63) is 41.0 Å². The van der Waals surface area contributed by atoms with Crippen molar-refractivity contribution in [1.82, 2.24) is 0 Å². The standard InChI is InChI=1S/C11H9F3O2/c1-7-8(5-6-11(12,13)14)3-2-4-9(7)10(15)16/h2-6H,1H3,(H,15,16)/b6-5+. The Kier molecular flexibility index (Phi) is 3.37. The number of aromatic carboxylic acids is 1. The van der Waals surface area contributed by atoms with Gasteiger partial charge in [0, 0.05) is 6.08 Å². The summed E-state index contributed by atoms with van der Waals surface area (Å²) in [7, 11) is 0. The van der Waals surface area contributed by atoms with Crippen LogP contribution in [0.4, 0.5) is 13.2 Å². The van der Waals surface area contributed by atoms with E-state index < -0.39 is 12.1 Å². The summed E-state index contributed by atoms with van der Waals surface area (Å²) in [5, 5.41) is 8.77. The van der Waals surface area contributed by atoms with Gasteiger partial charge < -0.3 is 5.11 Å². The molecule has 0 fully saturated rings. The van der Waals surface area contributed by atoms with Gasteiger partial charge in [-0.15, -0.1) is 0 Å². The highest BCUT2D eigenvalue weighted by molar-refractivity contribution is 5.90. The monoisotopic (exact) mass is 230 g/mol. The molecule has 0 heterocycles. The molecule has 16 heavy (non-hydrogen) atoms. The Morgan fingerprint density at radius 2 is 2.00 bits per heavy atom.